The van der Waals surface area contributed by atoms with Gasteiger partial charge in [0.2, 0.25) is 0 Å². The van der Waals surface area contributed by atoms with E-state index in [1.165, 1.54) is 0 Å². The lowest BCUT2D eigenvalue weighted by Crippen LogP contribution is -2.66. The number of carbonyl (C=O) groups excluding carboxylic acids is 2. The van der Waals surface area contributed by atoms with Crippen LogP contribution in [0.15, 0.2) is 0 Å². The summed E-state index contributed by atoms with van der Waals surface area (Å²) in [6.07, 6.45) is 7.29. The summed E-state index contributed by atoms with van der Waals surface area (Å²) in [5.74, 6) is 2.59. The van der Waals surface area contributed by atoms with E-state index in [0.717, 1.165) is 45.1 Å². The summed E-state index contributed by atoms with van der Waals surface area (Å²) in [4.78, 5) is 24.9. The lowest BCUT2D eigenvalue weighted by Gasteiger charge is -2.63. The van der Waals surface area contributed by atoms with Gasteiger partial charge in [0, 0.05) is 30.1 Å². The molecule has 0 aromatic rings. The molecule has 5 aliphatic rings. The van der Waals surface area contributed by atoms with Crippen LogP contribution in [-0.2, 0) is 14.3 Å². The average Bonchev–Trinajstić information content (AvgIpc) is 2.88. The van der Waals surface area contributed by atoms with E-state index in [-0.39, 0.29) is 20.8 Å². The van der Waals surface area contributed by atoms with Gasteiger partial charge in [0.1, 0.15) is 11.6 Å². The van der Waals surface area contributed by atoms with Crippen molar-refractivity contribution >= 4 is 27.5 Å². The van der Waals surface area contributed by atoms with Crippen molar-refractivity contribution in [3.8, 4) is 0 Å². The Balaban J connectivity index is 1.61. The topological polar surface area (TPSA) is 43.4 Å². The Bertz CT molecular complexity index is 647. The molecule has 1 aliphatic heterocycles. The van der Waals surface area contributed by atoms with Crippen molar-refractivity contribution < 1.29 is 14.3 Å². The van der Waals surface area contributed by atoms with E-state index in [2.05, 4.69) is 29.8 Å². The Morgan fingerprint density at radius 2 is 1.88 bits per heavy atom. The molecule has 1 saturated heterocycles. The third-order valence-corrected chi connectivity index (χ3v) is 11.0. The van der Waals surface area contributed by atoms with Crippen LogP contribution in [0.5, 0.6) is 0 Å². The molecule has 0 radical (unpaired) electrons. The van der Waals surface area contributed by atoms with Gasteiger partial charge < -0.3 is 4.74 Å². The van der Waals surface area contributed by atoms with Crippen LogP contribution in [0.1, 0.15) is 65.2 Å². The lowest BCUT2D eigenvalue weighted by atomic mass is 9.43. The van der Waals surface area contributed by atoms with Gasteiger partial charge in [-0.05, 0) is 56.8 Å². The number of hydrogen-bond acceptors (Lipinski definition) is 3. The van der Waals surface area contributed by atoms with Gasteiger partial charge >= 0.3 is 0 Å². The van der Waals surface area contributed by atoms with E-state index in [1.54, 1.807) is 0 Å². The molecule has 5 fully saturated rings. The molecular formula is C20H27BrO3. The largest absolute Gasteiger partial charge is 0.373 e. The van der Waals surface area contributed by atoms with E-state index < -0.39 is 0 Å². The maximum Gasteiger partial charge on any atom is 0.139 e. The monoisotopic (exact) mass is 394 g/mol. The van der Waals surface area contributed by atoms with Gasteiger partial charge in [0.15, 0.2) is 0 Å². The van der Waals surface area contributed by atoms with E-state index in [1.807, 2.05) is 0 Å². The molecule has 4 heteroatoms. The molecule has 7 atom stereocenters. The standard InChI is InChI=1S/C20H27BrO3/c1-17-7-6-15-13(14(17)3-4-16(17)23)10-18(2)20(21)9-12(22)5-8-19(15,20)11-24-18/h13-15H,3-11H2,1-2H3/t13-,14-,15-,17-,18+,19-,20-/m0/s1. The molecule has 0 aromatic heterocycles. The molecule has 24 heavy (non-hydrogen) atoms. The first-order valence-electron chi connectivity index (χ1n) is 9.64. The molecule has 3 nitrogen and oxygen atoms in total. The number of alkyl halides is 1. The normalized spacial score (nSPS) is 59.0. The van der Waals surface area contributed by atoms with Crippen LogP contribution in [0.3, 0.4) is 0 Å². The van der Waals surface area contributed by atoms with Gasteiger partial charge in [-0.1, -0.05) is 22.9 Å². The number of ether oxygens (including phenoxy) is 1. The molecular weight excluding hydrogens is 368 g/mol. The van der Waals surface area contributed by atoms with Crippen LogP contribution in [0.2, 0.25) is 0 Å². The van der Waals surface area contributed by atoms with Crippen LogP contribution < -0.4 is 0 Å². The fourth-order valence-corrected chi connectivity index (χ4v) is 8.88. The maximum atomic E-state index is 12.6. The lowest BCUT2D eigenvalue weighted by molar-refractivity contribution is -0.143. The Labute approximate surface area is 152 Å². The highest BCUT2D eigenvalue weighted by atomic mass is 79.9. The number of hydrogen-bond donors (Lipinski definition) is 0. The van der Waals surface area contributed by atoms with Crippen LogP contribution in [0, 0.1) is 28.6 Å². The zero-order chi connectivity index (χ0) is 17.0. The highest BCUT2D eigenvalue weighted by Crippen LogP contribution is 2.74. The highest BCUT2D eigenvalue weighted by Gasteiger charge is 2.76. The average molecular weight is 395 g/mol. The first kappa shape index (κ1) is 16.0. The van der Waals surface area contributed by atoms with Gasteiger partial charge in [0.25, 0.3) is 0 Å². The van der Waals surface area contributed by atoms with Crippen molar-refractivity contribution in [2.24, 2.45) is 28.6 Å². The quantitative estimate of drug-likeness (QED) is 0.581. The summed E-state index contributed by atoms with van der Waals surface area (Å²) in [6, 6.07) is 0. The van der Waals surface area contributed by atoms with Crippen molar-refractivity contribution in [3.63, 3.8) is 0 Å². The number of halogens is 1. The maximum absolute atomic E-state index is 12.6. The van der Waals surface area contributed by atoms with E-state index >= 15 is 0 Å². The zero-order valence-electron chi connectivity index (χ0n) is 14.7. The van der Waals surface area contributed by atoms with Gasteiger partial charge in [0.05, 0.1) is 16.5 Å². The highest BCUT2D eigenvalue weighted by molar-refractivity contribution is 9.10. The van der Waals surface area contributed by atoms with E-state index in [0.29, 0.717) is 42.2 Å². The summed E-state index contributed by atoms with van der Waals surface area (Å²) in [7, 11) is 0. The second-order valence-electron chi connectivity index (χ2n) is 9.69. The summed E-state index contributed by atoms with van der Waals surface area (Å²) in [6.45, 7) is 5.24. The minimum absolute atomic E-state index is 0.0888. The van der Waals surface area contributed by atoms with Gasteiger partial charge in [-0.15, -0.1) is 0 Å². The Morgan fingerprint density at radius 1 is 1.08 bits per heavy atom. The van der Waals surface area contributed by atoms with Gasteiger partial charge in [-0.25, -0.2) is 0 Å². The SMILES string of the molecule is C[C@@]12C[C@@H]3[C@H](CC[C@]4(C)C(=O)CC[C@@H]34)[C@]3(CCC(=O)C[C@@]31Br)CO2. The molecule has 0 aromatic carbocycles. The Kier molecular flexibility index (Phi) is 3.03. The fourth-order valence-electron chi connectivity index (χ4n) is 7.69. The third kappa shape index (κ3) is 1.55. The molecule has 5 rings (SSSR count). The van der Waals surface area contributed by atoms with Crippen LogP contribution in [0.4, 0.5) is 0 Å². The van der Waals surface area contributed by atoms with Crippen molar-refractivity contribution in [2.45, 2.75) is 75.1 Å². The summed E-state index contributed by atoms with van der Waals surface area (Å²) >= 11 is 4.10. The van der Waals surface area contributed by atoms with Crippen molar-refractivity contribution in [2.75, 3.05) is 6.61 Å². The molecule has 132 valence electrons. The van der Waals surface area contributed by atoms with Crippen LogP contribution in [-0.4, -0.2) is 28.1 Å². The second-order valence-corrected chi connectivity index (χ2v) is 11.0. The van der Waals surface area contributed by atoms with Gasteiger partial charge in [-0.3, -0.25) is 9.59 Å². The Morgan fingerprint density at radius 3 is 2.67 bits per heavy atom. The minimum Gasteiger partial charge on any atom is -0.373 e. The minimum atomic E-state index is -0.270. The number of Topliss-reactive ketones (excluding diaryl/α,β-unsaturated/α-hetero) is 2. The molecule has 0 unspecified atom stereocenters. The predicted molar refractivity (Wildman–Crippen MR) is 94.0 cm³/mol. The number of carbonyl (C=O) groups is 2. The second kappa shape index (κ2) is 4.54. The first-order chi connectivity index (χ1) is 11.3. The summed E-state index contributed by atoms with van der Waals surface area (Å²) < 4.78 is 6.28. The molecule has 4 saturated carbocycles. The Hall–Kier alpha value is -0.220. The van der Waals surface area contributed by atoms with Crippen LogP contribution in [0.25, 0.3) is 0 Å². The van der Waals surface area contributed by atoms with Crippen molar-refractivity contribution in [1.82, 2.24) is 0 Å². The van der Waals surface area contributed by atoms with Crippen molar-refractivity contribution in [1.29, 1.82) is 0 Å². The molecule has 1 heterocycles. The number of rotatable bonds is 0. The smallest absolute Gasteiger partial charge is 0.139 e. The molecule has 0 spiro atoms. The predicted octanol–water partition coefficient (Wildman–Crippen LogP) is 4.06. The number of ketones is 2. The molecule has 0 N–H and O–H groups in total. The molecule has 4 aliphatic carbocycles. The molecule has 0 amide bonds. The number of fused-ring (bicyclic) bond motifs is 3. The third-order valence-electron chi connectivity index (χ3n) is 9.05. The van der Waals surface area contributed by atoms with E-state index in [9.17, 15) is 9.59 Å². The molecule has 2 bridgehead atoms. The summed E-state index contributed by atoms with van der Waals surface area (Å²) in [5, 5.41) is 0. The van der Waals surface area contributed by atoms with Crippen molar-refractivity contribution in [3.05, 3.63) is 0 Å². The first-order valence-corrected chi connectivity index (χ1v) is 10.4. The summed E-state index contributed by atoms with van der Waals surface area (Å²) in [5.41, 5.74) is -0.274. The van der Waals surface area contributed by atoms with Gasteiger partial charge in [-0.2, -0.15) is 0 Å². The van der Waals surface area contributed by atoms with E-state index in [4.69, 9.17) is 4.74 Å². The van der Waals surface area contributed by atoms with Crippen LogP contribution >= 0.6 is 15.9 Å². The fraction of sp³-hybridized carbons (Fsp3) is 0.900. The zero-order valence-corrected chi connectivity index (χ0v) is 16.3.